The second-order valence-corrected chi connectivity index (χ2v) is 5.88. The molecule has 2 aromatic rings. The van der Waals surface area contributed by atoms with E-state index in [0.29, 0.717) is 17.0 Å². The highest BCUT2D eigenvalue weighted by Crippen LogP contribution is 2.16. The number of aryl methyl sites for hydroxylation is 2. The Labute approximate surface area is 152 Å². The van der Waals surface area contributed by atoms with Gasteiger partial charge in [-0.2, -0.15) is 0 Å². The zero-order chi connectivity index (χ0) is 19.1. The second kappa shape index (κ2) is 8.80. The number of hydrogen-bond donors (Lipinski definition) is 1. The number of esters is 1. The Morgan fingerprint density at radius 2 is 1.62 bits per heavy atom. The van der Waals surface area contributed by atoms with Gasteiger partial charge in [0, 0.05) is 18.2 Å². The number of nitrogens with one attached hydrogen (secondary N) is 1. The van der Waals surface area contributed by atoms with Gasteiger partial charge in [-0.3, -0.25) is 9.59 Å². The van der Waals surface area contributed by atoms with Gasteiger partial charge in [-0.1, -0.05) is 6.07 Å². The molecule has 0 saturated carbocycles. The van der Waals surface area contributed by atoms with E-state index in [-0.39, 0.29) is 24.9 Å². The maximum Gasteiger partial charge on any atom is 0.344 e. The quantitative estimate of drug-likeness (QED) is 0.610. The first-order chi connectivity index (χ1) is 12.3. The van der Waals surface area contributed by atoms with E-state index < -0.39 is 5.97 Å². The smallest absolute Gasteiger partial charge is 0.344 e. The summed E-state index contributed by atoms with van der Waals surface area (Å²) in [5.74, 6) is -0.572. The van der Waals surface area contributed by atoms with Crippen molar-refractivity contribution >= 4 is 23.3 Å². The largest absolute Gasteiger partial charge is 0.482 e. The van der Waals surface area contributed by atoms with E-state index >= 15 is 0 Å². The molecule has 0 aliphatic heterocycles. The monoisotopic (exact) mass is 355 g/mol. The number of rotatable bonds is 7. The average Bonchev–Trinajstić information content (AvgIpc) is 2.60. The van der Waals surface area contributed by atoms with Crippen molar-refractivity contribution in [1.82, 2.24) is 0 Å². The summed E-state index contributed by atoms with van der Waals surface area (Å²) >= 11 is 0. The van der Waals surface area contributed by atoms with Crippen LogP contribution in [0.1, 0.15) is 28.4 Å². The minimum atomic E-state index is -0.619. The molecule has 6 nitrogen and oxygen atoms in total. The lowest BCUT2D eigenvalue weighted by Crippen LogP contribution is -2.19. The van der Waals surface area contributed by atoms with E-state index in [1.165, 1.54) is 6.92 Å². The molecule has 2 aromatic carbocycles. The van der Waals surface area contributed by atoms with Crippen molar-refractivity contribution in [2.75, 3.05) is 18.5 Å². The van der Waals surface area contributed by atoms with Crippen molar-refractivity contribution in [2.45, 2.75) is 20.8 Å². The number of carbonyl (C=O) groups is 3. The molecular formula is C20H21NO5. The van der Waals surface area contributed by atoms with Gasteiger partial charge in [0.2, 0.25) is 5.91 Å². The molecule has 0 aromatic heterocycles. The molecule has 1 amide bonds. The molecule has 1 N–H and O–H groups in total. The molecule has 0 spiro atoms. The fraction of sp³-hybridized carbons (Fsp3) is 0.250. The fourth-order valence-corrected chi connectivity index (χ4v) is 2.16. The van der Waals surface area contributed by atoms with Crippen LogP contribution in [0.5, 0.6) is 5.75 Å². The molecule has 0 fully saturated rings. The summed E-state index contributed by atoms with van der Waals surface area (Å²) in [6, 6.07) is 11.9. The molecule has 0 aliphatic rings. The van der Waals surface area contributed by atoms with E-state index in [0.717, 1.165) is 11.1 Å². The lowest BCUT2D eigenvalue weighted by molar-refractivity contribution is -0.144. The second-order valence-electron chi connectivity index (χ2n) is 5.88. The number of ketones is 1. The summed E-state index contributed by atoms with van der Waals surface area (Å²) in [6.45, 7) is 4.71. The summed E-state index contributed by atoms with van der Waals surface area (Å²) < 4.78 is 10.3. The number of carbonyl (C=O) groups excluding carboxylic acids is 3. The van der Waals surface area contributed by atoms with Crippen LogP contribution < -0.4 is 10.1 Å². The number of anilines is 1. The summed E-state index contributed by atoms with van der Waals surface area (Å²) in [6.07, 6.45) is 0. The van der Waals surface area contributed by atoms with Crippen LogP contribution in [0.15, 0.2) is 42.5 Å². The van der Waals surface area contributed by atoms with E-state index in [1.807, 2.05) is 26.0 Å². The van der Waals surface area contributed by atoms with Gasteiger partial charge >= 0.3 is 5.97 Å². The summed E-state index contributed by atoms with van der Waals surface area (Å²) in [5.41, 5.74) is 3.18. The predicted molar refractivity (Wildman–Crippen MR) is 97.4 cm³/mol. The molecule has 26 heavy (non-hydrogen) atoms. The van der Waals surface area contributed by atoms with Crippen molar-refractivity contribution in [3.63, 3.8) is 0 Å². The van der Waals surface area contributed by atoms with Gasteiger partial charge in [0.1, 0.15) is 5.75 Å². The van der Waals surface area contributed by atoms with Gasteiger partial charge < -0.3 is 14.8 Å². The van der Waals surface area contributed by atoms with Gasteiger partial charge in [0.05, 0.1) is 0 Å². The van der Waals surface area contributed by atoms with Crippen molar-refractivity contribution in [1.29, 1.82) is 0 Å². The first kappa shape index (κ1) is 19.2. The molecule has 0 bridgehead atoms. The minimum absolute atomic E-state index is 0.193. The topological polar surface area (TPSA) is 81.7 Å². The van der Waals surface area contributed by atoms with Crippen LogP contribution in [-0.4, -0.2) is 30.9 Å². The zero-order valence-electron chi connectivity index (χ0n) is 15.0. The first-order valence-corrected chi connectivity index (χ1v) is 8.11. The van der Waals surface area contributed by atoms with Crippen molar-refractivity contribution in [3.8, 4) is 5.75 Å². The normalized spacial score (nSPS) is 10.1. The molecule has 0 saturated heterocycles. The van der Waals surface area contributed by atoms with Gasteiger partial charge in [-0.25, -0.2) is 4.79 Å². The first-order valence-electron chi connectivity index (χ1n) is 8.11. The summed E-state index contributed by atoms with van der Waals surface area (Å²) in [5, 5.41) is 2.61. The van der Waals surface area contributed by atoms with Crippen LogP contribution in [0.3, 0.4) is 0 Å². The van der Waals surface area contributed by atoms with Crippen molar-refractivity contribution < 1.29 is 23.9 Å². The van der Waals surface area contributed by atoms with E-state index in [2.05, 4.69) is 5.32 Å². The molecular weight excluding hydrogens is 334 g/mol. The van der Waals surface area contributed by atoms with E-state index in [4.69, 9.17) is 9.47 Å². The molecule has 136 valence electrons. The Kier molecular flexibility index (Phi) is 6.49. The van der Waals surface area contributed by atoms with Crippen LogP contribution in [0.4, 0.5) is 5.69 Å². The molecule has 2 rings (SSSR count). The summed E-state index contributed by atoms with van der Waals surface area (Å²) in [4.78, 5) is 34.7. The van der Waals surface area contributed by atoms with Crippen LogP contribution >= 0.6 is 0 Å². The Bertz CT molecular complexity index is 811. The van der Waals surface area contributed by atoms with Crippen LogP contribution in [0.2, 0.25) is 0 Å². The standard InChI is InChI=1S/C20H21NO5/c1-13-4-9-18(10-14(13)2)25-12-20(24)26-11-19(23)16-5-7-17(8-6-16)21-15(3)22/h4-10H,11-12H2,1-3H3,(H,21,22). The van der Waals surface area contributed by atoms with Crippen molar-refractivity contribution in [2.24, 2.45) is 0 Å². The zero-order valence-corrected chi connectivity index (χ0v) is 15.0. The Hall–Kier alpha value is -3.15. The third-order valence-electron chi connectivity index (χ3n) is 3.73. The lowest BCUT2D eigenvalue weighted by atomic mass is 10.1. The third-order valence-corrected chi connectivity index (χ3v) is 3.73. The molecule has 0 heterocycles. The molecule has 6 heteroatoms. The Balaban J connectivity index is 1.79. The van der Waals surface area contributed by atoms with Crippen LogP contribution in [-0.2, 0) is 14.3 Å². The highest BCUT2D eigenvalue weighted by molar-refractivity contribution is 5.98. The maximum absolute atomic E-state index is 12.0. The SMILES string of the molecule is CC(=O)Nc1ccc(C(=O)COC(=O)COc2ccc(C)c(C)c2)cc1. The number of benzene rings is 2. The number of ether oxygens (including phenoxy) is 2. The molecule has 0 radical (unpaired) electrons. The number of amides is 1. The Morgan fingerprint density at radius 3 is 2.23 bits per heavy atom. The molecule has 0 unspecified atom stereocenters. The number of hydrogen-bond acceptors (Lipinski definition) is 5. The minimum Gasteiger partial charge on any atom is -0.482 e. The Morgan fingerprint density at radius 1 is 0.923 bits per heavy atom. The van der Waals surface area contributed by atoms with Gasteiger partial charge in [0.25, 0.3) is 0 Å². The number of Topliss-reactive ketones (excluding diaryl/α,β-unsaturated/α-hetero) is 1. The molecule has 0 atom stereocenters. The van der Waals surface area contributed by atoms with Crippen molar-refractivity contribution in [3.05, 3.63) is 59.2 Å². The maximum atomic E-state index is 12.0. The predicted octanol–water partition coefficient (Wildman–Crippen LogP) is 3.07. The lowest BCUT2D eigenvalue weighted by Gasteiger charge is -2.08. The van der Waals surface area contributed by atoms with Gasteiger partial charge in [-0.05, 0) is 61.4 Å². The van der Waals surface area contributed by atoms with Crippen LogP contribution in [0, 0.1) is 13.8 Å². The third kappa shape index (κ3) is 5.73. The summed E-state index contributed by atoms with van der Waals surface area (Å²) in [7, 11) is 0. The fourth-order valence-electron chi connectivity index (χ4n) is 2.16. The van der Waals surface area contributed by atoms with Gasteiger partial charge in [-0.15, -0.1) is 0 Å². The average molecular weight is 355 g/mol. The molecule has 0 aliphatic carbocycles. The van der Waals surface area contributed by atoms with Crippen LogP contribution in [0.25, 0.3) is 0 Å². The highest BCUT2D eigenvalue weighted by atomic mass is 16.6. The van der Waals surface area contributed by atoms with E-state index in [9.17, 15) is 14.4 Å². The highest BCUT2D eigenvalue weighted by Gasteiger charge is 2.11. The van der Waals surface area contributed by atoms with Gasteiger partial charge in [0.15, 0.2) is 19.0 Å². The van der Waals surface area contributed by atoms with E-state index in [1.54, 1.807) is 30.3 Å².